The van der Waals surface area contributed by atoms with E-state index >= 15 is 0 Å². The Labute approximate surface area is 150 Å². The number of hydrogen-bond acceptors (Lipinski definition) is 2. The number of aromatic nitrogens is 2. The first kappa shape index (κ1) is 17.4. The minimum Gasteiger partial charge on any atom is -0.339 e. The molecule has 0 radical (unpaired) electrons. The van der Waals surface area contributed by atoms with E-state index < -0.39 is 11.7 Å². The lowest BCUT2D eigenvalue weighted by Gasteiger charge is -2.33. The van der Waals surface area contributed by atoms with Gasteiger partial charge in [-0.2, -0.15) is 13.2 Å². The van der Waals surface area contributed by atoms with Gasteiger partial charge in [0.1, 0.15) is 5.65 Å². The maximum Gasteiger partial charge on any atom is 0.417 e. The molecule has 0 spiro atoms. The fourth-order valence-electron chi connectivity index (χ4n) is 4.41. The van der Waals surface area contributed by atoms with E-state index in [0.29, 0.717) is 30.4 Å². The van der Waals surface area contributed by atoms with Crippen LogP contribution in [0, 0.1) is 12.3 Å². The largest absolute Gasteiger partial charge is 0.417 e. The van der Waals surface area contributed by atoms with Gasteiger partial charge in [-0.3, -0.25) is 4.79 Å². The van der Waals surface area contributed by atoms with Crippen molar-refractivity contribution in [2.45, 2.75) is 58.8 Å². The molecule has 1 unspecified atom stereocenters. The first-order chi connectivity index (χ1) is 12.1. The number of nitrogens with zero attached hydrogens (tertiary/aromatic N) is 3. The number of hydrogen-bond donors (Lipinski definition) is 0. The molecule has 26 heavy (non-hydrogen) atoms. The summed E-state index contributed by atoms with van der Waals surface area (Å²) in [4.78, 5) is 18.5. The summed E-state index contributed by atoms with van der Waals surface area (Å²) in [6.07, 6.45) is -1.45. The van der Waals surface area contributed by atoms with Crippen LogP contribution in [0.1, 0.15) is 43.5 Å². The number of carbonyl (C=O) groups excluding carboxylic acids is 1. The van der Waals surface area contributed by atoms with Crippen LogP contribution in [-0.4, -0.2) is 32.9 Å². The maximum atomic E-state index is 13.0. The average Bonchev–Trinajstić information content (AvgIpc) is 2.99. The quantitative estimate of drug-likeness (QED) is 0.768. The van der Waals surface area contributed by atoms with Crippen molar-refractivity contribution < 1.29 is 18.0 Å². The zero-order valence-electron chi connectivity index (χ0n) is 15.2. The molecule has 1 amide bonds. The van der Waals surface area contributed by atoms with Gasteiger partial charge in [-0.25, -0.2) is 4.98 Å². The number of halogens is 3. The molecule has 2 aromatic rings. The molecule has 1 saturated heterocycles. The summed E-state index contributed by atoms with van der Waals surface area (Å²) in [5.74, 6) is 0.180. The second-order valence-corrected chi connectivity index (χ2v) is 8.33. The Hall–Kier alpha value is -2.05. The van der Waals surface area contributed by atoms with Crippen molar-refractivity contribution in [1.29, 1.82) is 0 Å². The maximum absolute atomic E-state index is 13.0. The molecule has 140 valence electrons. The lowest BCUT2D eigenvalue weighted by molar-refractivity contribution is -0.137. The molecule has 1 atom stereocenters. The van der Waals surface area contributed by atoms with Crippen LogP contribution in [0.2, 0.25) is 0 Å². The lowest BCUT2D eigenvalue weighted by atomic mass is 9.92. The fourth-order valence-corrected chi connectivity index (χ4v) is 4.41. The van der Waals surface area contributed by atoms with Gasteiger partial charge in [-0.05, 0) is 30.4 Å². The Balaban J connectivity index is 1.70. The molecule has 0 N–H and O–H groups in total. The van der Waals surface area contributed by atoms with E-state index in [2.05, 4.69) is 18.8 Å². The highest BCUT2D eigenvalue weighted by Crippen LogP contribution is 2.38. The molecule has 4 heterocycles. The molecular weight excluding hydrogens is 343 g/mol. The van der Waals surface area contributed by atoms with Gasteiger partial charge in [0.15, 0.2) is 0 Å². The Kier molecular flexibility index (Phi) is 3.66. The molecule has 0 aliphatic carbocycles. The number of fused-ring (bicyclic) bond motifs is 3. The molecule has 0 saturated carbocycles. The summed E-state index contributed by atoms with van der Waals surface area (Å²) >= 11 is 0. The second kappa shape index (κ2) is 5.47. The van der Waals surface area contributed by atoms with Crippen molar-refractivity contribution >= 4 is 16.9 Å². The number of rotatable bonds is 1. The van der Waals surface area contributed by atoms with Crippen LogP contribution in [-0.2, 0) is 23.9 Å². The summed E-state index contributed by atoms with van der Waals surface area (Å²) in [5.41, 5.74) is 1.72. The molecule has 2 aliphatic heterocycles. The van der Waals surface area contributed by atoms with Crippen LogP contribution in [0.15, 0.2) is 12.3 Å². The van der Waals surface area contributed by atoms with Gasteiger partial charge in [0, 0.05) is 49.2 Å². The van der Waals surface area contributed by atoms with Crippen molar-refractivity contribution in [1.82, 2.24) is 14.5 Å². The molecule has 4 nitrogen and oxygen atoms in total. The molecular formula is C19H22F3N3O. The van der Waals surface area contributed by atoms with E-state index in [4.69, 9.17) is 0 Å². The van der Waals surface area contributed by atoms with Gasteiger partial charge in [0.05, 0.1) is 5.56 Å². The van der Waals surface area contributed by atoms with Gasteiger partial charge < -0.3 is 9.47 Å². The number of amides is 1. The van der Waals surface area contributed by atoms with E-state index in [0.717, 1.165) is 30.4 Å². The topological polar surface area (TPSA) is 38.1 Å². The third kappa shape index (κ3) is 2.68. The predicted octanol–water partition coefficient (Wildman–Crippen LogP) is 3.94. The Morgan fingerprint density at radius 1 is 1.31 bits per heavy atom. The monoisotopic (exact) mass is 365 g/mol. The number of likely N-dealkylation sites (tertiary alicyclic amines) is 1. The molecule has 0 bridgehead atoms. The lowest BCUT2D eigenvalue weighted by Crippen LogP contribution is -2.42. The third-order valence-corrected chi connectivity index (χ3v) is 5.72. The highest BCUT2D eigenvalue weighted by atomic mass is 19.4. The first-order valence-electron chi connectivity index (χ1n) is 8.91. The van der Waals surface area contributed by atoms with E-state index in [-0.39, 0.29) is 17.4 Å². The van der Waals surface area contributed by atoms with Crippen molar-refractivity contribution in [2.24, 2.45) is 5.41 Å². The third-order valence-electron chi connectivity index (χ3n) is 5.72. The van der Waals surface area contributed by atoms with Crippen LogP contribution in [0.3, 0.4) is 0 Å². The van der Waals surface area contributed by atoms with Crippen molar-refractivity contribution in [3.8, 4) is 0 Å². The second-order valence-electron chi connectivity index (χ2n) is 8.33. The zero-order chi connectivity index (χ0) is 18.9. The van der Waals surface area contributed by atoms with E-state index in [1.54, 1.807) is 0 Å². The predicted molar refractivity (Wildman–Crippen MR) is 91.7 cm³/mol. The molecule has 4 rings (SSSR count). The first-order valence-corrected chi connectivity index (χ1v) is 8.91. The normalized spacial score (nSPS) is 22.9. The summed E-state index contributed by atoms with van der Waals surface area (Å²) in [6, 6.07) is 1.31. The molecule has 2 aromatic heterocycles. The fraction of sp³-hybridized carbons (Fsp3) is 0.579. The van der Waals surface area contributed by atoms with Gasteiger partial charge in [-0.1, -0.05) is 13.8 Å². The van der Waals surface area contributed by atoms with Crippen LogP contribution in [0.25, 0.3) is 11.0 Å². The standard InChI is InChI=1S/C19H22F3N3O/c1-11-14-6-12(19(20,21)22)9-23-17(14)24-5-4-13(7-15(11)24)25-10-18(2,3)8-16(25)26/h6,9,13H,4-5,7-8,10H2,1-3H3. The number of carbonyl (C=O) groups is 1. The van der Waals surface area contributed by atoms with Crippen LogP contribution in [0.5, 0.6) is 0 Å². The summed E-state index contributed by atoms with van der Waals surface area (Å²) in [5, 5.41) is 0.559. The van der Waals surface area contributed by atoms with Crippen LogP contribution >= 0.6 is 0 Å². The van der Waals surface area contributed by atoms with Gasteiger partial charge in [0.25, 0.3) is 0 Å². The van der Waals surface area contributed by atoms with E-state index in [1.165, 1.54) is 6.07 Å². The Bertz CT molecular complexity index is 898. The average molecular weight is 365 g/mol. The molecule has 1 fully saturated rings. The zero-order valence-corrected chi connectivity index (χ0v) is 15.2. The minimum absolute atomic E-state index is 0.0144. The summed E-state index contributed by atoms with van der Waals surface area (Å²) in [7, 11) is 0. The minimum atomic E-state index is -4.40. The number of aryl methyl sites for hydroxylation is 2. The molecule has 7 heteroatoms. The highest BCUT2D eigenvalue weighted by Gasteiger charge is 2.40. The Morgan fingerprint density at radius 2 is 2.04 bits per heavy atom. The van der Waals surface area contributed by atoms with Gasteiger partial charge in [0.2, 0.25) is 5.91 Å². The van der Waals surface area contributed by atoms with Crippen LogP contribution < -0.4 is 0 Å². The molecule has 2 aliphatic rings. The van der Waals surface area contributed by atoms with Gasteiger partial charge in [-0.15, -0.1) is 0 Å². The van der Waals surface area contributed by atoms with Crippen molar-refractivity contribution in [3.05, 3.63) is 29.1 Å². The van der Waals surface area contributed by atoms with E-state index in [1.807, 2.05) is 16.4 Å². The summed E-state index contributed by atoms with van der Waals surface area (Å²) < 4.78 is 41.1. The molecule has 0 aromatic carbocycles. The van der Waals surface area contributed by atoms with Gasteiger partial charge >= 0.3 is 6.18 Å². The highest BCUT2D eigenvalue weighted by molar-refractivity contribution is 5.83. The summed E-state index contributed by atoms with van der Waals surface area (Å²) in [6.45, 7) is 7.46. The van der Waals surface area contributed by atoms with Crippen molar-refractivity contribution in [3.63, 3.8) is 0 Å². The Morgan fingerprint density at radius 3 is 2.65 bits per heavy atom. The number of alkyl halides is 3. The van der Waals surface area contributed by atoms with Crippen molar-refractivity contribution in [2.75, 3.05) is 6.54 Å². The SMILES string of the molecule is Cc1c2n(c3ncc(C(F)(F)F)cc13)CCC(N1CC(C)(C)CC1=O)C2. The van der Waals surface area contributed by atoms with Crippen LogP contribution in [0.4, 0.5) is 13.2 Å². The number of pyridine rings is 1. The van der Waals surface area contributed by atoms with E-state index in [9.17, 15) is 18.0 Å². The smallest absolute Gasteiger partial charge is 0.339 e.